The average molecular weight is 295 g/mol. The number of anilines is 1. The third-order valence-electron chi connectivity index (χ3n) is 3.57. The summed E-state index contributed by atoms with van der Waals surface area (Å²) in [5, 5.41) is 5.64. The monoisotopic (exact) mass is 295 g/mol. The first-order valence-electron chi connectivity index (χ1n) is 7.80. The number of nitrogens with zero attached hydrogens (tertiary/aromatic N) is 1. The molecule has 0 spiro atoms. The van der Waals surface area contributed by atoms with E-state index in [1.54, 1.807) is 0 Å². The minimum Gasteiger partial charge on any atom is -0.368 e. The van der Waals surface area contributed by atoms with Crippen LogP contribution in [0.25, 0.3) is 0 Å². The van der Waals surface area contributed by atoms with Crippen LogP contribution in [0.2, 0.25) is 0 Å². The number of amides is 1. The number of nitrogens with one attached hydrogen (secondary N) is 2. The van der Waals surface area contributed by atoms with Crippen LogP contribution in [0.3, 0.4) is 0 Å². The first-order valence-corrected chi connectivity index (χ1v) is 7.80. The molecule has 0 fully saturated rings. The summed E-state index contributed by atoms with van der Waals surface area (Å²) in [4.78, 5) is 16.0. The summed E-state index contributed by atoms with van der Waals surface area (Å²) < 4.78 is 14.1. The predicted octanol–water partition coefficient (Wildman–Crippen LogP) is 3.60. The van der Waals surface area contributed by atoms with Crippen molar-refractivity contribution in [2.45, 2.75) is 46.5 Å². The lowest BCUT2D eigenvalue weighted by Crippen LogP contribution is -2.30. The van der Waals surface area contributed by atoms with Crippen molar-refractivity contribution in [1.82, 2.24) is 10.3 Å². The molecule has 0 aliphatic rings. The summed E-state index contributed by atoms with van der Waals surface area (Å²) in [6.45, 7) is 7.27. The van der Waals surface area contributed by atoms with Crippen molar-refractivity contribution in [1.29, 1.82) is 0 Å². The first kappa shape index (κ1) is 17.4. The second-order valence-corrected chi connectivity index (χ2v) is 5.18. The fraction of sp³-hybridized carbons (Fsp3) is 0.625. The van der Waals surface area contributed by atoms with Gasteiger partial charge in [-0.3, -0.25) is 4.79 Å². The summed E-state index contributed by atoms with van der Waals surface area (Å²) in [6.07, 6.45) is 5.86. The van der Waals surface area contributed by atoms with Crippen LogP contribution in [0.4, 0.5) is 10.2 Å². The van der Waals surface area contributed by atoms with Gasteiger partial charge in [-0.15, -0.1) is 0 Å². The SMILES string of the molecule is CCCCC(CC)CNC(=O)c1ccnc(NCC)c1F. The maximum absolute atomic E-state index is 14.1. The lowest BCUT2D eigenvalue weighted by molar-refractivity contribution is 0.0941. The zero-order chi connectivity index (χ0) is 15.7. The van der Waals surface area contributed by atoms with Gasteiger partial charge in [-0.25, -0.2) is 9.37 Å². The quantitative estimate of drug-likeness (QED) is 0.732. The molecule has 5 heteroatoms. The Labute approximate surface area is 126 Å². The van der Waals surface area contributed by atoms with E-state index in [0.717, 1.165) is 25.7 Å². The first-order chi connectivity index (χ1) is 10.1. The van der Waals surface area contributed by atoms with Crippen molar-refractivity contribution in [2.24, 2.45) is 5.92 Å². The van der Waals surface area contributed by atoms with Crippen molar-refractivity contribution in [3.05, 3.63) is 23.6 Å². The van der Waals surface area contributed by atoms with Crippen molar-refractivity contribution in [3.63, 3.8) is 0 Å². The van der Waals surface area contributed by atoms with Crippen LogP contribution in [-0.2, 0) is 0 Å². The van der Waals surface area contributed by atoms with Crippen molar-refractivity contribution in [3.8, 4) is 0 Å². The van der Waals surface area contributed by atoms with Gasteiger partial charge in [0.05, 0.1) is 5.56 Å². The van der Waals surface area contributed by atoms with Crippen LogP contribution in [0, 0.1) is 11.7 Å². The molecule has 21 heavy (non-hydrogen) atoms. The molecule has 0 aliphatic heterocycles. The zero-order valence-corrected chi connectivity index (χ0v) is 13.2. The van der Waals surface area contributed by atoms with E-state index in [1.807, 2.05) is 6.92 Å². The van der Waals surface area contributed by atoms with Crippen molar-refractivity contribution < 1.29 is 9.18 Å². The van der Waals surface area contributed by atoms with Gasteiger partial charge in [-0.1, -0.05) is 33.1 Å². The standard InChI is InChI=1S/C16H26FN3O/c1-4-7-8-12(5-2)11-20-16(21)13-9-10-19-15(14(13)17)18-6-3/h9-10,12H,4-8,11H2,1-3H3,(H,18,19)(H,20,21). The van der Waals surface area contributed by atoms with Crippen molar-refractivity contribution in [2.75, 3.05) is 18.4 Å². The number of carbonyl (C=O) groups is 1. The van der Waals surface area contributed by atoms with Gasteiger partial charge in [0.1, 0.15) is 0 Å². The van der Waals surface area contributed by atoms with Crippen LogP contribution < -0.4 is 10.6 Å². The maximum Gasteiger partial charge on any atom is 0.254 e. The number of carbonyl (C=O) groups excluding carboxylic acids is 1. The lowest BCUT2D eigenvalue weighted by Gasteiger charge is -2.15. The van der Waals surface area contributed by atoms with E-state index >= 15 is 0 Å². The molecular weight excluding hydrogens is 269 g/mol. The largest absolute Gasteiger partial charge is 0.368 e. The van der Waals surface area contributed by atoms with E-state index in [2.05, 4.69) is 29.5 Å². The molecule has 0 bridgehead atoms. The van der Waals surface area contributed by atoms with Gasteiger partial charge in [-0.2, -0.15) is 0 Å². The van der Waals surface area contributed by atoms with Crippen LogP contribution in [0.15, 0.2) is 12.3 Å². The normalized spacial score (nSPS) is 12.0. The summed E-state index contributed by atoms with van der Waals surface area (Å²) in [6, 6.07) is 1.42. The molecule has 0 saturated heterocycles. The van der Waals surface area contributed by atoms with Gasteiger partial charge >= 0.3 is 0 Å². The molecule has 1 heterocycles. The number of hydrogen-bond donors (Lipinski definition) is 2. The Balaban J connectivity index is 2.65. The van der Waals surface area contributed by atoms with Crippen molar-refractivity contribution >= 4 is 11.7 Å². The summed E-state index contributed by atoms with van der Waals surface area (Å²) in [5.41, 5.74) is 0.0475. The molecule has 118 valence electrons. The molecule has 1 aromatic rings. The molecule has 0 aliphatic carbocycles. The zero-order valence-electron chi connectivity index (χ0n) is 13.2. The maximum atomic E-state index is 14.1. The Morgan fingerprint density at radius 1 is 1.38 bits per heavy atom. The Kier molecular flexibility index (Phi) is 7.72. The highest BCUT2D eigenvalue weighted by Crippen LogP contribution is 2.16. The summed E-state index contributed by atoms with van der Waals surface area (Å²) >= 11 is 0. The predicted molar refractivity (Wildman–Crippen MR) is 84.0 cm³/mol. The fourth-order valence-electron chi connectivity index (χ4n) is 2.19. The van der Waals surface area contributed by atoms with Crippen LogP contribution in [0.1, 0.15) is 56.8 Å². The molecule has 1 atom stereocenters. The van der Waals surface area contributed by atoms with E-state index in [1.165, 1.54) is 12.3 Å². The molecule has 2 N–H and O–H groups in total. The van der Waals surface area contributed by atoms with Gasteiger partial charge in [0.2, 0.25) is 0 Å². The topological polar surface area (TPSA) is 54.0 Å². The van der Waals surface area contributed by atoms with Gasteiger partial charge in [0.25, 0.3) is 5.91 Å². The minimum absolute atomic E-state index is 0.0475. The number of rotatable bonds is 9. The number of halogens is 1. The number of unbranched alkanes of at least 4 members (excludes halogenated alkanes) is 1. The third kappa shape index (κ3) is 5.33. The van der Waals surface area contributed by atoms with Crippen LogP contribution in [0.5, 0.6) is 0 Å². The second-order valence-electron chi connectivity index (χ2n) is 5.18. The van der Waals surface area contributed by atoms with Gasteiger partial charge in [0.15, 0.2) is 11.6 Å². The Morgan fingerprint density at radius 2 is 2.14 bits per heavy atom. The second kappa shape index (κ2) is 9.32. The third-order valence-corrected chi connectivity index (χ3v) is 3.57. The summed E-state index contributed by atoms with van der Waals surface area (Å²) in [7, 11) is 0. The number of hydrogen-bond acceptors (Lipinski definition) is 3. The molecule has 0 radical (unpaired) electrons. The van der Waals surface area contributed by atoms with E-state index in [4.69, 9.17) is 0 Å². The molecular formula is C16H26FN3O. The van der Waals surface area contributed by atoms with Gasteiger partial charge in [0, 0.05) is 19.3 Å². The molecule has 4 nitrogen and oxygen atoms in total. The van der Waals surface area contributed by atoms with Crippen LogP contribution >= 0.6 is 0 Å². The number of pyridine rings is 1. The smallest absolute Gasteiger partial charge is 0.254 e. The van der Waals surface area contributed by atoms with E-state index in [-0.39, 0.29) is 17.3 Å². The Morgan fingerprint density at radius 3 is 2.76 bits per heavy atom. The highest BCUT2D eigenvalue weighted by molar-refractivity contribution is 5.95. The van der Waals surface area contributed by atoms with Crippen LogP contribution in [-0.4, -0.2) is 24.0 Å². The fourth-order valence-corrected chi connectivity index (χ4v) is 2.19. The summed E-state index contributed by atoms with van der Waals surface area (Å²) in [5.74, 6) is -0.377. The lowest BCUT2D eigenvalue weighted by atomic mass is 9.99. The molecule has 1 unspecified atom stereocenters. The molecule has 1 amide bonds. The molecule has 0 saturated carbocycles. The minimum atomic E-state index is -0.585. The average Bonchev–Trinajstić information content (AvgIpc) is 2.49. The molecule has 0 aromatic carbocycles. The highest BCUT2D eigenvalue weighted by atomic mass is 19.1. The van der Waals surface area contributed by atoms with Gasteiger partial charge in [-0.05, 0) is 25.3 Å². The van der Waals surface area contributed by atoms with E-state index in [9.17, 15) is 9.18 Å². The van der Waals surface area contributed by atoms with Gasteiger partial charge < -0.3 is 10.6 Å². The Hall–Kier alpha value is -1.65. The highest BCUT2D eigenvalue weighted by Gasteiger charge is 2.16. The van der Waals surface area contributed by atoms with E-state index < -0.39 is 5.82 Å². The Bertz CT molecular complexity index is 451. The van der Waals surface area contributed by atoms with E-state index in [0.29, 0.717) is 19.0 Å². The number of aromatic nitrogens is 1. The molecule has 1 rings (SSSR count). The molecule has 1 aromatic heterocycles.